The van der Waals surface area contributed by atoms with Crippen LogP contribution in [0, 0.1) is 6.92 Å². The van der Waals surface area contributed by atoms with E-state index in [1.165, 1.54) is 7.11 Å². The highest BCUT2D eigenvalue weighted by atomic mass is 31.2. The summed E-state index contributed by atoms with van der Waals surface area (Å²) in [6.45, 7) is 1.71. The fourth-order valence-corrected chi connectivity index (χ4v) is 2.99. The first kappa shape index (κ1) is 12.2. The topological polar surface area (TPSA) is 66.1 Å². The Morgan fingerprint density at radius 2 is 2.06 bits per heavy atom. The molecule has 1 aromatic carbocycles. The van der Waals surface area contributed by atoms with Crippen molar-refractivity contribution < 1.29 is 18.7 Å². The van der Waals surface area contributed by atoms with Crippen LogP contribution in [-0.2, 0) is 16.1 Å². The maximum absolute atomic E-state index is 12.0. The van der Waals surface area contributed by atoms with E-state index in [0.29, 0.717) is 16.6 Å². The first-order valence-electron chi connectivity index (χ1n) is 5.10. The van der Waals surface area contributed by atoms with Crippen molar-refractivity contribution in [2.45, 2.75) is 6.92 Å². The predicted octanol–water partition coefficient (Wildman–Crippen LogP) is 0.193. The second kappa shape index (κ2) is 4.18. The Morgan fingerprint density at radius 1 is 1.41 bits per heavy atom. The number of nitrogens with zero attached hydrogens (tertiary/aromatic N) is 2. The molecule has 0 spiro atoms. The van der Waals surface area contributed by atoms with Crippen molar-refractivity contribution in [2.75, 3.05) is 7.11 Å². The molecule has 2 aromatic rings. The molecule has 0 saturated carbocycles. The lowest BCUT2D eigenvalue weighted by atomic mass is 10.2. The van der Waals surface area contributed by atoms with E-state index in [9.17, 15) is 9.46 Å². The smallest absolute Gasteiger partial charge is 0.217 e. The molecule has 1 unspecified atom stereocenters. The van der Waals surface area contributed by atoms with Crippen LogP contribution in [0.25, 0.3) is 10.9 Å². The third kappa shape index (κ3) is 1.97. The molecule has 0 radical (unpaired) electrons. The summed E-state index contributed by atoms with van der Waals surface area (Å²) in [4.78, 5) is 12.0. The summed E-state index contributed by atoms with van der Waals surface area (Å²) < 4.78 is 18.1. The van der Waals surface area contributed by atoms with Gasteiger partial charge in [-0.1, -0.05) is 22.9 Å². The summed E-state index contributed by atoms with van der Waals surface area (Å²) in [6.07, 6.45) is 0. The van der Waals surface area contributed by atoms with E-state index in [2.05, 4.69) is 9.62 Å². The lowest BCUT2D eigenvalue weighted by Crippen LogP contribution is -2.42. The molecule has 0 bridgehead atoms. The van der Waals surface area contributed by atoms with Crippen LogP contribution in [0.5, 0.6) is 0 Å². The van der Waals surface area contributed by atoms with E-state index in [4.69, 9.17) is 0 Å². The number of aromatic nitrogens is 2. The van der Waals surface area contributed by atoms with Gasteiger partial charge in [0.25, 0.3) is 0 Å². The zero-order valence-corrected chi connectivity index (χ0v) is 10.8. The van der Waals surface area contributed by atoms with E-state index < -0.39 is 7.60 Å². The van der Waals surface area contributed by atoms with Gasteiger partial charge < -0.3 is 14.0 Å². The lowest BCUT2D eigenvalue weighted by Gasteiger charge is -2.22. The largest absolute Gasteiger partial charge is 0.775 e. The molecule has 0 amide bonds. The molecule has 0 aliphatic heterocycles. The standard InChI is InChI=1S/C11H13N2O3P/c1-8-11(17(14,15)16-3)9-6-4-5-7-10(9)12-13(8)2/h4-7H,1-3H3. The van der Waals surface area contributed by atoms with Crippen LogP contribution in [0.15, 0.2) is 24.3 Å². The van der Waals surface area contributed by atoms with E-state index >= 15 is 0 Å². The Bertz CT molecular complexity index is 627. The van der Waals surface area contributed by atoms with E-state index in [0.717, 1.165) is 0 Å². The molecule has 2 rings (SSSR count). The SMILES string of the molecule is COP(=O)([O-])c1c(C)[n+](C)nc2ccccc12. The Hall–Kier alpha value is -1.29. The van der Waals surface area contributed by atoms with Crippen LogP contribution in [0.1, 0.15) is 5.69 Å². The molecule has 90 valence electrons. The van der Waals surface area contributed by atoms with Crippen molar-refractivity contribution in [2.24, 2.45) is 7.05 Å². The van der Waals surface area contributed by atoms with Gasteiger partial charge in [-0.2, -0.15) is 0 Å². The van der Waals surface area contributed by atoms with Crippen molar-refractivity contribution in [1.29, 1.82) is 0 Å². The maximum Gasteiger partial charge on any atom is 0.217 e. The molecule has 0 aliphatic rings. The van der Waals surface area contributed by atoms with Gasteiger partial charge in [-0.3, -0.25) is 0 Å². The number of aryl methyl sites for hydroxylation is 1. The number of hydrogen-bond acceptors (Lipinski definition) is 4. The fourth-order valence-electron chi connectivity index (χ4n) is 1.78. The van der Waals surface area contributed by atoms with Crippen LogP contribution in [0.3, 0.4) is 0 Å². The minimum absolute atomic E-state index is 0.202. The average molecular weight is 252 g/mol. The van der Waals surface area contributed by atoms with Gasteiger partial charge in [0, 0.05) is 24.5 Å². The minimum Gasteiger partial charge on any atom is -0.775 e. The Labute approximate surface area is 99.2 Å². The van der Waals surface area contributed by atoms with Crippen LogP contribution in [-0.4, -0.2) is 12.2 Å². The first-order chi connectivity index (χ1) is 7.97. The zero-order valence-electron chi connectivity index (χ0n) is 9.88. The zero-order chi connectivity index (χ0) is 12.6. The highest BCUT2D eigenvalue weighted by Gasteiger charge is 2.24. The monoisotopic (exact) mass is 252 g/mol. The fraction of sp³-hybridized carbons (Fsp3) is 0.273. The normalized spacial score (nSPS) is 14.8. The Kier molecular flexibility index (Phi) is 3.00. The summed E-state index contributed by atoms with van der Waals surface area (Å²) in [6, 6.07) is 7.10. The van der Waals surface area contributed by atoms with Crippen LogP contribution in [0.4, 0.5) is 0 Å². The van der Waals surface area contributed by atoms with Crippen molar-refractivity contribution in [3.63, 3.8) is 0 Å². The maximum atomic E-state index is 12.0. The van der Waals surface area contributed by atoms with E-state index in [1.54, 1.807) is 36.9 Å². The molecule has 1 atom stereocenters. The van der Waals surface area contributed by atoms with Gasteiger partial charge in [-0.15, -0.1) is 0 Å². The van der Waals surface area contributed by atoms with Crippen molar-refractivity contribution in [3.8, 4) is 0 Å². The first-order valence-corrected chi connectivity index (χ1v) is 6.64. The van der Waals surface area contributed by atoms with Gasteiger partial charge in [0.15, 0.2) is 14.6 Å². The molecule has 17 heavy (non-hydrogen) atoms. The van der Waals surface area contributed by atoms with Gasteiger partial charge in [0.05, 0.1) is 0 Å². The second-order valence-corrected chi connectivity index (χ2v) is 5.56. The van der Waals surface area contributed by atoms with Crippen LogP contribution < -0.4 is 14.9 Å². The number of benzene rings is 1. The summed E-state index contributed by atoms with van der Waals surface area (Å²) in [5.74, 6) is 0. The van der Waals surface area contributed by atoms with Gasteiger partial charge in [-0.25, -0.2) is 0 Å². The highest BCUT2D eigenvalue weighted by molar-refractivity contribution is 7.60. The summed E-state index contributed by atoms with van der Waals surface area (Å²) in [5, 5.41) is 5.07. The van der Waals surface area contributed by atoms with Crippen LogP contribution >= 0.6 is 7.60 Å². The lowest BCUT2D eigenvalue weighted by molar-refractivity contribution is -0.733. The molecule has 0 aliphatic carbocycles. The summed E-state index contributed by atoms with van der Waals surface area (Å²) >= 11 is 0. The molecule has 1 heterocycles. The minimum atomic E-state index is -4.05. The molecule has 6 heteroatoms. The Balaban J connectivity index is 2.93. The molecule has 0 fully saturated rings. The third-order valence-corrected chi connectivity index (χ3v) is 4.35. The molecule has 0 saturated heterocycles. The third-order valence-electron chi connectivity index (χ3n) is 2.76. The van der Waals surface area contributed by atoms with Gasteiger partial charge in [0.1, 0.15) is 10.8 Å². The van der Waals surface area contributed by atoms with Crippen molar-refractivity contribution in [3.05, 3.63) is 30.0 Å². The number of hydrogen-bond donors (Lipinski definition) is 0. The van der Waals surface area contributed by atoms with Crippen LogP contribution in [0.2, 0.25) is 0 Å². The van der Waals surface area contributed by atoms with E-state index in [1.807, 2.05) is 6.07 Å². The average Bonchev–Trinajstić information content (AvgIpc) is 2.30. The van der Waals surface area contributed by atoms with Gasteiger partial charge in [-0.05, 0) is 6.07 Å². The molecule has 1 aromatic heterocycles. The molecular formula is C11H13N2O3P. The molecular weight excluding hydrogens is 239 g/mol. The Morgan fingerprint density at radius 3 is 2.71 bits per heavy atom. The summed E-state index contributed by atoms with van der Waals surface area (Å²) in [5.41, 5.74) is 1.19. The van der Waals surface area contributed by atoms with Crippen molar-refractivity contribution >= 4 is 23.8 Å². The predicted molar refractivity (Wildman–Crippen MR) is 61.9 cm³/mol. The van der Waals surface area contributed by atoms with Gasteiger partial charge in [0.2, 0.25) is 5.69 Å². The van der Waals surface area contributed by atoms with E-state index in [-0.39, 0.29) is 5.30 Å². The quantitative estimate of drug-likeness (QED) is 0.565. The number of fused-ring (bicyclic) bond motifs is 1. The summed E-state index contributed by atoms with van der Waals surface area (Å²) in [7, 11) is -1.17. The van der Waals surface area contributed by atoms with Gasteiger partial charge >= 0.3 is 0 Å². The molecule has 0 N–H and O–H groups in total. The number of rotatable bonds is 2. The molecule has 5 nitrogen and oxygen atoms in total. The van der Waals surface area contributed by atoms with Crippen molar-refractivity contribution in [1.82, 2.24) is 5.10 Å². The second-order valence-electron chi connectivity index (χ2n) is 3.75. The highest BCUT2D eigenvalue weighted by Crippen LogP contribution is 2.37.